The minimum absolute atomic E-state index is 0.0113. The summed E-state index contributed by atoms with van der Waals surface area (Å²) < 4.78 is 5.60. The van der Waals surface area contributed by atoms with Crippen LogP contribution in [0.1, 0.15) is 25.3 Å². The Bertz CT molecular complexity index is 516. The highest BCUT2D eigenvalue weighted by molar-refractivity contribution is 5.88. The van der Waals surface area contributed by atoms with Crippen LogP contribution in [0.3, 0.4) is 0 Å². The van der Waals surface area contributed by atoms with E-state index in [2.05, 4.69) is 6.92 Å². The molecule has 2 rings (SSSR count). The molecule has 1 saturated heterocycles. The van der Waals surface area contributed by atoms with E-state index in [-0.39, 0.29) is 24.2 Å². The maximum Gasteiger partial charge on any atom is 0.223 e. The van der Waals surface area contributed by atoms with E-state index in [0.29, 0.717) is 19.7 Å². The molecule has 1 fully saturated rings. The summed E-state index contributed by atoms with van der Waals surface area (Å²) in [5.41, 5.74) is 6.39. The average Bonchev–Trinajstić information content (AvgIpc) is 2.85. The summed E-state index contributed by atoms with van der Waals surface area (Å²) in [4.78, 5) is 24.7. The number of hydrogen-bond donors (Lipinski definition) is 1. The largest absolute Gasteiger partial charge is 0.494 e. The zero-order valence-electron chi connectivity index (χ0n) is 12.4. The van der Waals surface area contributed by atoms with Crippen molar-refractivity contribution in [1.29, 1.82) is 0 Å². The van der Waals surface area contributed by atoms with E-state index in [1.165, 1.54) is 0 Å². The van der Waals surface area contributed by atoms with Gasteiger partial charge in [-0.25, -0.2) is 0 Å². The molecule has 1 heterocycles. The second kappa shape index (κ2) is 7.11. The van der Waals surface area contributed by atoms with Gasteiger partial charge < -0.3 is 15.4 Å². The summed E-state index contributed by atoms with van der Waals surface area (Å²) in [5.74, 6) is 0.145. The Morgan fingerprint density at radius 3 is 2.95 bits per heavy atom. The van der Waals surface area contributed by atoms with Gasteiger partial charge in [0.1, 0.15) is 5.75 Å². The second-order valence-corrected chi connectivity index (χ2v) is 5.39. The minimum Gasteiger partial charge on any atom is -0.494 e. The molecule has 0 spiro atoms. The molecule has 1 aliphatic rings. The summed E-state index contributed by atoms with van der Waals surface area (Å²) in [6.45, 7) is 3.83. The number of carbonyl (C=O) groups is 2. The molecule has 0 bridgehead atoms. The van der Waals surface area contributed by atoms with E-state index in [9.17, 15) is 9.59 Å². The number of amides is 2. The van der Waals surface area contributed by atoms with Gasteiger partial charge in [-0.15, -0.1) is 0 Å². The molecule has 5 nitrogen and oxygen atoms in total. The molecule has 1 aliphatic heterocycles. The zero-order chi connectivity index (χ0) is 15.2. The fourth-order valence-electron chi connectivity index (χ4n) is 2.45. The van der Waals surface area contributed by atoms with Crippen molar-refractivity contribution in [3.63, 3.8) is 0 Å². The van der Waals surface area contributed by atoms with Gasteiger partial charge in [-0.3, -0.25) is 9.59 Å². The molecule has 1 aromatic rings. The van der Waals surface area contributed by atoms with Gasteiger partial charge in [0, 0.05) is 19.5 Å². The Labute approximate surface area is 125 Å². The molecule has 0 aliphatic carbocycles. The number of ether oxygens (including phenoxy) is 1. The molecule has 5 heteroatoms. The fraction of sp³-hybridized carbons (Fsp3) is 0.500. The lowest BCUT2D eigenvalue weighted by molar-refractivity contribution is -0.128. The highest BCUT2D eigenvalue weighted by Gasteiger charge is 2.32. The van der Waals surface area contributed by atoms with E-state index < -0.39 is 0 Å². The highest BCUT2D eigenvalue weighted by atomic mass is 16.5. The van der Waals surface area contributed by atoms with Crippen molar-refractivity contribution >= 4 is 11.8 Å². The SMILES string of the molecule is CCCOc1cccc(CCN2CC(C(N)=O)CC2=O)c1. The Morgan fingerprint density at radius 1 is 1.48 bits per heavy atom. The van der Waals surface area contributed by atoms with Crippen molar-refractivity contribution in [3.8, 4) is 5.75 Å². The van der Waals surface area contributed by atoms with Crippen LogP contribution in [-0.2, 0) is 16.0 Å². The van der Waals surface area contributed by atoms with Crippen molar-refractivity contribution in [2.75, 3.05) is 19.7 Å². The Hall–Kier alpha value is -2.04. The Kier molecular flexibility index (Phi) is 5.20. The fourth-order valence-corrected chi connectivity index (χ4v) is 2.45. The van der Waals surface area contributed by atoms with E-state index in [1.54, 1.807) is 4.90 Å². The highest BCUT2D eigenvalue weighted by Crippen LogP contribution is 2.19. The van der Waals surface area contributed by atoms with Gasteiger partial charge in [-0.1, -0.05) is 19.1 Å². The molecule has 2 N–H and O–H groups in total. The number of rotatable bonds is 7. The van der Waals surface area contributed by atoms with Gasteiger partial charge >= 0.3 is 0 Å². The molecule has 114 valence electrons. The molecule has 2 amide bonds. The summed E-state index contributed by atoms with van der Waals surface area (Å²) in [7, 11) is 0. The molecule has 0 saturated carbocycles. The first-order valence-corrected chi connectivity index (χ1v) is 7.39. The van der Waals surface area contributed by atoms with Crippen LogP contribution in [0.25, 0.3) is 0 Å². The van der Waals surface area contributed by atoms with Gasteiger partial charge in [-0.05, 0) is 30.5 Å². The van der Waals surface area contributed by atoms with Gasteiger partial charge in [0.25, 0.3) is 0 Å². The van der Waals surface area contributed by atoms with Crippen LogP contribution in [0.4, 0.5) is 0 Å². The predicted octanol–water partition coefficient (Wildman–Crippen LogP) is 1.35. The normalized spacial score (nSPS) is 18.0. The first kappa shape index (κ1) is 15.4. The van der Waals surface area contributed by atoms with Crippen LogP contribution in [0.5, 0.6) is 5.75 Å². The third kappa shape index (κ3) is 4.21. The van der Waals surface area contributed by atoms with Gasteiger partial charge in [-0.2, -0.15) is 0 Å². The number of benzene rings is 1. The van der Waals surface area contributed by atoms with Crippen LogP contribution in [-0.4, -0.2) is 36.4 Å². The molecule has 1 unspecified atom stereocenters. The number of nitrogens with two attached hydrogens (primary N) is 1. The van der Waals surface area contributed by atoms with E-state index in [0.717, 1.165) is 24.2 Å². The maximum absolute atomic E-state index is 11.8. The smallest absolute Gasteiger partial charge is 0.223 e. The third-order valence-electron chi connectivity index (χ3n) is 3.66. The van der Waals surface area contributed by atoms with Crippen LogP contribution < -0.4 is 10.5 Å². The van der Waals surface area contributed by atoms with Gasteiger partial charge in [0.2, 0.25) is 11.8 Å². The number of hydrogen-bond acceptors (Lipinski definition) is 3. The number of nitrogens with zero attached hydrogens (tertiary/aromatic N) is 1. The van der Waals surface area contributed by atoms with Crippen LogP contribution in [0, 0.1) is 5.92 Å². The first-order valence-electron chi connectivity index (χ1n) is 7.39. The van der Waals surface area contributed by atoms with Crippen molar-refractivity contribution in [2.45, 2.75) is 26.2 Å². The summed E-state index contributed by atoms with van der Waals surface area (Å²) >= 11 is 0. The third-order valence-corrected chi connectivity index (χ3v) is 3.66. The lowest BCUT2D eigenvalue weighted by Crippen LogP contribution is -2.30. The monoisotopic (exact) mass is 290 g/mol. The molecule has 1 atom stereocenters. The standard InChI is InChI=1S/C16H22N2O3/c1-2-8-21-14-5-3-4-12(9-14)6-7-18-11-13(16(17)20)10-15(18)19/h3-5,9,13H,2,6-8,10-11H2,1H3,(H2,17,20). The topological polar surface area (TPSA) is 72.6 Å². The lowest BCUT2D eigenvalue weighted by Gasteiger charge is -2.16. The molecule has 0 aromatic heterocycles. The molecular formula is C16H22N2O3. The lowest BCUT2D eigenvalue weighted by atomic mass is 10.1. The predicted molar refractivity (Wildman–Crippen MR) is 79.8 cm³/mol. The maximum atomic E-state index is 11.8. The first-order chi connectivity index (χ1) is 10.1. The quantitative estimate of drug-likeness (QED) is 0.824. The molecule has 0 radical (unpaired) electrons. The molecule has 21 heavy (non-hydrogen) atoms. The van der Waals surface area contributed by atoms with Crippen LogP contribution in [0.15, 0.2) is 24.3 Å². The number of primary amides is 1. The summed E-state index contributed by atoms with van der Waals surface area (Å²) in [6.07, 6.45) is 1.97. The van der Waals surface area contributed by atoms with Gasteiger partial charge in [0.05, 0.1) is 12.5 Å². The van der Waals surface area contributed by atoms with Crippen molar-refractivity contribution in [1.82, 2.24) is 4.90 Å². The average molecular weight is 290 g/mol. The van der Waals surface area contributed by atoms with E-state index in [4.69, 9.17) is 10.5 Å². The summed E-state index contributed by atoms with van der Waals surface area (Å²) in [5, 5.41) is 0. The van der Waals surface area contributed by atoms with Crippen molar-refractivity contribution in [3.05, 3.63) is 29.8 Å². The molecule has 1 aromatic carbocycles. The van der Waals surface area contributed by atoms with E-state index >= 15 is 0 Å². The number of likely N-dealkylation sites (tertiary alicyclic amines) is 1. The Morgan fingerprint density at radius 2 is 2.29 bits per heavy atom. The van der Waals surface area contributed by atoms with Crippen molar-refractivity contribution < 1.29 is 14.3 Å². The van der Waals surface area contributed by atoms with Crippen molar-refractivity contribution in [2.24, 2.45) is 11.7 Å². The molecular weight excluding hydrogens is 268 g/mol. The zero-order valence-corrected chi connectivity index (χ0v) is 12.4. The number of carbonyl (C=O) groups excluding carboxylic acids is 2. The van der Waals surface area contributed by atoms with Crippen LogP contribution >= 0.6 is 0 Å². The summed E-state index contributed by atoms with van der Waals surface area (Å²) in [6, 6.07) is 7.91. The van der Waals surface area contributed by atoms with E-state index in [1.807, 2.05) is 24.3 Å². The van der Waals surface area contributed by atoms with Gasteiger partial charge in [0.15, 0.2) is 0 Å². The van der Waals surface area contributed by atoms with Crippen LogP contribution in [0.2, 0.25) is 0 Å². The Balaban J connectivity index is 1.88. The second-order valence-electron chi connectivity index (χ2n) is 5.39. The minimum atomic E-state index is -0.388.